The van der Waals surface area contributed by atoms with Gasteiger partial charge in [0.2, 0.25) is 5.28 Å². The molecule has 1 aliphatic heterocycles. The van der Waals surface area contributed by atoms with Gasteiger partial charge in [-0.05, 0) is 40.7 Å². The number of anilines is 1. The van der Waals surface area contributed by atoms with Crippen molar-refractivity contribution in [3.05, 3.63) is 29.3 Å². The maximum Gasteiger partial charge on any atom is 0.367 e. The van der Waals surface area contributed by atoms with Crippen molar-refractivity contribution in [2.75, 3.05) is 5.32 Å². The second-order valence-corrected chi connectivity index (χ2v) is 8.22. The molecule has 0 aliphatic carbocycles. The molecule has 1 aromatic rings. The molecule has 7 nitrogen and oxygen atoms in total. The Morgan fingerprint density at radius 2 is 1.78 bits per heavy atom. The number of carbonyl (C=O) groups excluding carboxylic acids is 1. The highest BCUT2D eigenvalue weighted by Crippen LogP contribution is 2.67. The maximum atomic E-state index is 13.5. The van der Waals surface area contributed by atoms with E-state index >= 15 is 0 Å². The summed E-state index contributed by atoms with van der Waals surface area (Å²) in [4.78, 5) is 12.6. The number of fused-ring (bicyclic) bond motifs is 1. The van der Waals surface area contributed by atoms with Gasteiger partial charge in [0, 0.05) is 11.3 Å². The number of benzene rings is 1. The number of amides is 1. The van der Waals surface area contributed by atoms with Crippen molar-refractivity contribution in [1.82, 2.24) is 5.48 Å². The minimum Gasteiger partial charge on any atom is -0.323 e. The SMILES string of the molecule is Cc1ccc2c(c1)C(NO)(P(=O)(OC(C)C)OC(C)C)C(=O)N2. The van der Waals surface area contributed by atoms with Crippen LogP contribution in [-0.4, -0.2) is 23.3 Å². The van der Waals surface area contributed by atoms with Crippen molar-refractivity contribution >= 4 is 19.2 Å². The third-order valence-electron chi connectivity index (χ3n) is 3.41. The topological polar surface area (TPSA) is 96.9 Å². The Morgan fingerprint density at radius 3 is 2.26 bits per heavy atom. The first-order chi connectivity index (χ1) is 10.7. The molecule has 0 radical (unpaired) electrons. The van der Waals surface area contributed by atoms with Crippen molar-refractivity contribution in [3.63, 3.8) is 0 Å². The van der Waals surface area contributed by atoms with Crippen LogP contribution in [0.2, 0.25) is 0 Å². The molecular weight excluding hydrogens is 319 g/mol. The molecule has 0 aromatic heterocycles. The lowest BCUT2D eigenvalue weighted by molar-refractivity contribution is -0.123. The molecule has 1 amide bonds. The Labute approximate surface area is 135 Å². The molecule has 1 aliphatic rings. The molecule has 1 atom stereocenters. The molecule has 2 rings (SSSR count). The van der Waals surface area contributed by atoms with Crippen LogP contribution in [0.15, 0.2) is 18.2 Å². The number of rotatable bonds is 6. The molecule has 3 N–H and O–H groups in total. The molecule has 23 heavy (non-hydrogen) atoms. The van der Waals surface area contributed by atoms with Crippen LogP contribution in [0.5, 0.6) is 0 Å². The minimum absolute atomic E-state index is 0.342. The molecular formula is C15H23N2O5P. The van der Waals surface area contributed by atoms with E-state index in [1.807, 2.05) is 18.5 Å². The predicted octanol–water partition coefficient (Wildman–Crippen LogP) is 3.12. The van der Waals surface area contributed by atoms with Gasteiger partial charge < -0.3 is 19.6 Å². The molecule has 0 saturated carbocycles. The number of aryl methyl sites for hydroxylation is 1. The van der Waals surface area contributed by atoms with Crippen LogP contribution in [0.4, 0.5) is 5.69 Å². The lowest BCUT2D eigenvalue weighted by Gasteiger charge is -2.35. The number of hydrogen-bond acceptors (Lipinski definition) is 6. The van der Waals surface area contributed by atoms with E-state index < -0.39 is 31.0 Å². The summed E-state index contributed by atoms with van der Waals surface area (Å²) in [6, 6.07) is 5.18. The summed E-state index contributed by atoms with van der Waals surface area (Å²) in [5.41, 5.74) is 3.59. The van der Waals surface area contributed by atoms with Gasteiger partial charge in [-0.2, -0.15) is 5.48 Å². The fourth-order valence-corrected chi connectivity index (χ4v) is 4.97. The zero-order valence-electron chi connectivity index (χ0n) is 13.9. The van der Waals surface area contributed by atoms with Gasteiger partial charge in [-0.15, -0.1) is 0 Å². The Hall–Kier alpha value is -1.24. The fraction of sp³-hybridized carbons (Fsp3) is 0.533. The van der Waals surface area contributed by atoms with Crippen LogP contribution in [0.3, 0.4) is 0 Å². The first-order valence-electron chi connectivity index (χ1n) is 7.47. The van der Waals surface area contributed by atoms with Crippen LogP contribution < -0.4 is 10.8 Å². The van der Waals surface area contributed by atoms with Crippen molar-refractivity contribution < 1.29 is 23.6 Å². The summed E-state index contributed by atoms with van der Waals surface area (Å²) in [6.45, 7) is 8.58. The summed E-state index contributed by atoms with van der Waals surface area (Å²) in [5.74, 6) is -0.676. The quantitative estimate of drug-likeness (QED) is 0.543. The largest absolute Gasteiger partial charge is 0.367 e. The second-order valence-electron chi connectivity index (χ2n) is 6.13. The summed E-state index contributed by atoms with van der Waals surface area (Å²) in [6.07, 6.45) is -0.932. The Bertz CT molecular complexity index is 647. The first-order valence-corrected chi connectivity index (χ1v) is 9.01. The van der Waals surface area contributed by atoms with Gasteiger partial charge in [0.05, 0.1) is 12.2 Å². The molecule has 8 heteroatoms. The first kappa shape index (κ1) is 18.1. The third-order valence-corrected chi connectivity index (χ3v) is 6.18. The van der Waals surface area contributed by atoms with Crippen LogP contribution in [-0.2, 0) is 23.7 Å². The minimum atomic E-state index is -4.09. The van der Waals surface area contributed by atoms with Gasteiger partial charge in [0.15, 0.2) is 0 Å². The van der Waals surface area contributed by atoms with Gasteiger partial charge in [-0.1, -0.05) is 17.7 Å². The van der Waals surface area contributed by atoms with E-state index in [1.54, 1.807) is 39.8 Å². The number of hydroxylamine groups is 1. The maximum absolute atomic E-state index is 13.5. The van der Waals surface area contributed by atoms with Crippen LogP contribution >= 0.6 is 7.60 Å². The van der Waals surface area contributed by atoms with E-state index in [4.69, 9.17) is 9.05 Å². The van der Waals surface area contributed by atoms with E-state index in [0.29, 0.717) is 11.3 Å². The summed E-state index contributed by atoms with van der Waals surface area (Å²) in [7, 11) is -4.09. The number of nitrogens with one attached hydrogen (secondary N) is 2. The highest BCUT2D eigenvalue weighted by Gasteiger charge is 2.63. The van der Waals surface area contributed by atoms with Crippen molar-refractivity contribution in [3.8, 4) is 0 Å². The van der Waals surface area contributed by atoms with Gasteiger partial charge >= 0.3 is 7.60 Å². The molecule has 0 spiro atoms. The monoisotopic (exact) mass is 342 g/mol. The smallest absolute Gasteiger partial charge is 0.323 e. The van der Waals surface area contributed by atoms with Gasteiger partial charge in [-0.25, -0.2) is 0 Å². The zero-order chi connectivity index (χ0) is 17.4. The number of carbonyl (C=O) groups is 1. The lowest BCUT2D eigenvalue weighted by Crippen LogP contribution is -2.47. The molecule has 1 heterocycles. The molecule has 0 bridgehead atoms. The Balaban J connectivity index is 2.69. The summed E-state index contributed by atoms with van der Waals surface area (Å²) < 4.78 is 24.6. The lowest BCUT2D eigenvalue weighted by atomic mass is 10.1. The van der Waals surface area contributed by atoms with E-state index in [9.17, 15) is 14.6 Å². The van der Waals surface area contributed by atoms with Crippen LogP contribution in [0.1, 0.15) is 38.8 Å². The third kappa shape index (κ3) is 2.95. The van der Waals surface area contributed by atoms with Crippen LogP contribution in [0.25, 0.3) is 0 Å². The second kappa shape index (κ2) is 6.34. The average molecular weight is 342 g/mol. The highest BCUT2D eigenvalue weighted by atomic mass is 31.2. The fourth-order valence-electron chi connectivity index (χ4n) is 2.58. The molecule has 1 unspecified atom stereocenters. The van der Waals surface area contributed by atoms with Crippen molar-refractivity contribution in [1.29, 1.82) is 0 Å². The van der Waals surface area contributed by atoms with Crippen molar-refractivity contribution in [2.24, 2.45) is 0 Å². The number of hydrogen-bond donors (Lipinski definition) is 3. The van der Waals surface area contributed by atoms with Crippen LogP contribution in [0, 0.1) is 6.92 Å². The van der Waals surface area contributed by atoms with Gasteiger partial charge in [0.1, 0.15) is 0 Å². The molecule has 128 valence electrons. The molecule has 0 fully saturated rings. The average Bonchev–Trinajstić information content (AvgIpc) is 2.69. The van der Waals surface area contributed by atoms with Gasteiger partial charge in [0.25, 0.3) is 5.91 Å². The Kier molecular flexibility index (Phi) is 4.99. The molecule has 0 saturated heterocycles. The Morgan fingerprint density at radius 1 is 1.22 bits per heavy atom. The highest BCUT2D eigenvalue weighted by molar-refractivity contribution is 7.56. The molecule has 1 aromatic carbocycles. The van der Waals surface area contributed by atoms with Gasteiger partial charge in [-0.3, -0.25) is 9.36 Å². The van der Waals surface area contributed by atoms with Crippen molar-refractivity contribution in [2.45, 2.75) is 52.1 Å². The van der Waals surface area contributed by atoms with E-state index in [2.05, 4.69) is 5.32 Å². The van der Waals surface area contributed by atoms with E-state index in [1.165, 1.54) is 0 Å². The van der Waals surface area contributed by atoms with E-state index in [-0.39, 0.29) is 0 Å². The summed E-state index contributed by atoms with van der Waals surface area (Å²) >= 11 is 0. The standard InChI is InChI=1S/C15H23N2O5P/c1-9(2)21-23(20,22-10(3)4)15(17-19)12-8-11(5)6-7-13(12)16-14(15)18/h6-10,17,19H,1-5H3,(H,16,18). The summed E-state index contributed by atoms with van der Waals surface area (Å²) in [5, 5.41) is 10.5. The normalized spacial score (nSPS) is 21.0. The zero-order valence-corrected chi connectivity index (χ0v) is 14.8. The predicted molar refractivity (Wildman–Crippen MR) is 86.5 cm³/mol. The van der Waals surface area contributed by atoms with E-state index in [0.717, 1.165) is 5.56 Å².